The summed E-state index contributed by atoms with van der Waals surface area (Å²) in [5, 5.41) is 3.45. The highest BCUT2D eigenvalue weighted by Gasteiger charge is 2.21. The molecule has 1 saturated carbocycles. The van der Waals surface area contributed by atoms with E-state index in [1.165, 1.54) is 18.5 Å². The van der Waals surface area contributed by atoms with Crippen LogP contribution in [0.2, 0.25) is 0 Å². The molecule has 1 aromatic rings. The maximum atomic E-state index is 3.53. The quantitative estimate of drug-likeness (QED) is 0.889. The van der Waals surface area contributed by atoms with Crippen LogP contribution in [0, 0.1) is 5.92 Å². The minimum atomic E-state index is 0.902. The van der Waals surface area contributed by atoms with Gasteiger partial charge in [-0.1, -0.05) is 6.07 Å². The topological polar surface area (TPSA) is 12.0 Å². The van der Waals surface area contributed by atoms with Crippen molar-refractivity contribution in [3.05, 3.63) is 27.1 Å². The smallest absolute Gasteiger partial charge is 0.0629 e. The highest BCUT2D eigenvalue weighted by molar-refractivity contribution is 9.11. The predicted octanol–water partition coefficient (Wildman–Crippen LogP) is 4.03. The zero-order valence-corrected chi connectivity index (χ0v) is 10.4. The number of halogens is 2. The second-order valence-electron chi connectivity index (χ2n) is 3.42. The van der Waals surface area contributed by atoms with Crippen molar-refractivity contribution in [1.82, 2.24) is 0 Å². The van der Waals surface area contributed by atoms with Gasteiger partial charge in [-0.15, -0.1) is 0 Å². The van der Waals surface area contributed by atoms with Gasteiger partial charge in [0.1, 0.15) is 0 Å². The van der Waals surface area contributed by atoms with Crippen molar-refractivity contribution in [3.8, 4) is 0 Å². The predicted molar refractivity (Wildman–Crippen MR) is 63.1 cm³/mol. The molecule has 0 spiro atoms. The Morgan fingerprint density at radius 2 is 1.85 bits per heavy atom. The fraction of sp³-hybridized carbons (Fsp3) is 0.400. The van der Waals surface area contributed by atoms with Crippen molar-refractivity contribution < 1.29 is 0 Å². The molecule has 0 amide bonds. The number of para-hydroxylation sites is 1. The van der Waals surface area contributed by atoms with Crippen LogP contribution in [0.3, 0.4) is 0 Å². The Morgan fingerprint density at radius 3 is 2.38 bits per heavy atom. The molecule has 13 heavy (non-hydrogen) atoms. The molecule has 1 N–H and O–H groups in total. The van der Waals surface area contributed by atoms with E-state index in [-0.39, 0.29) is 0 Å². The Bertz CT molecular complexity index is 288. The number of rotatable bonds is 3. The van der Waals surface area contributed by atoms with Gasteiger partial charge < -0.3 is 5.32 Å². The molecule has 3 heteroatoms. The first-order chi connectivity index (χ1) is 6.27. The van der Waals surface area contributed by atoms with E-state index in [0.29, 0.717) is 0 Å². The van der Waals surface area contributed by atoms with E-state index in [0.717, 1.165) is 21.4 Å². The van der Waals surface area contributed by atoms with Crippen LogP contribution in [0.5, 0.6) is 0 Å². The summed E-state index contributed by atoms with van der Waals surface area (Å²) in [6.07, 6.45) is 2.77. The molecule has 0 bridgehead atoms. The van der Waals surface area contributed by atoms with Gasteiger partial charge in [-0.05, 0) is 62.8 Å². The molecule has 0 unspecified atom stereocenters. The van der Waals surface area contributed by atoms with E-state index in [1.807, 2.05) is 6.07 Å². The van der Waals surface area contributed by atoms with Gasteiger partial charge in [0.15, 0.2) is 0 Å². The first-order valence-electron chi connectivity index (χ1n) is 4.45. The molecule has 0 radical (unpaired) electrons. The van der Waals surface area contributed by atoms with Crippen LogP contribution >= 0.6 is 31.9 Å². The average molecular weight is 305 g/mol. The van der Waals surface area contributed by atoms with Crippen molar-refractivity contribution in [2.24, 2.45) is 5.92 Å². The van der Waals surface area contributed by atoms with Gasteiger partial charge in [-0.3, -0.25) is 0 Å². The summed E-state index contributed by atoms with van der Waals surface area (Å²) >= 11 is 7.05. The summed E-state index contributed by atoms with van der Waals surface area (Å²) < 4.78 is 2.25. The fourth-order valence-electron chi connectivity index (χ4n) is 1.24. The van der Waals surface area contributed by atoms with Crippen molar-refractivity contribution in [1.29, 1.82) is 0 Å². The van der Waals surface area contributed by atoms with Gasteiger partial charge in [0.2, 0.25) is 0 Å². The Labute approximate surface area is 95.2 Å². The highest BCUT2D eigenvalue weighted by atomic mass is 79.9. The van der Waals surface area contributed by atoms with Gasteiger partial charge in [0.25, 0.3) is 0 Å². The van der Waals surface area contributed by atoms with Crippen molar-refractivity contribution in [3.63, 3.8) is 0 Å². The maximum absolute atomic E-state index is 3.53. The van der Waals surface area contributed by atoms with E-state index in [9.17, 15) is 0 Å². The van der Waals surface area contributed by atoms with Gasteiger partial charge >= 0.3 is 0 Å². The molecule has 0 aliphatic heterocycles. The lowest BCUT2D eigenvalue weighted by molar-refractivity contribution is 0.888. The minimum absolute atomic E-state index is 0.902. The zero-order chi connectivity index (χ0) is 9.26. The van der Waals surface area contributed by atoms with Crippen LogP contribution in [0.1, 0.15) is 12.8 Å². The van der Waals surface area contributed by atoms with E-state index in [2.05, 4.69) is 49.3 Å². The van der Waals surface area contributed by atoms with Crippen molar-refractivity contribution in [2.45, 2.75) is 12.8 Å². The van der Waals surface area contributed by atoms with E-state index < -0.39 is 0 Å². The number of anilines is 1. The molecule has 2 rings (SSSR count). The van der Waals surface area contributed by atoms with Crippen LogP contribution in [-0.2, 0) is 0 Å². The summed E-state index contributed by atoms with van der Waals surface area (Å²) in [7, 11) is 0. The van der Waals surface area contributed by atoms with E-state index in [1.54, 1.807) is 0 Å². The first-order valence-corrected chi connectivity index (χ1v) is 6.04. The number of benzene rings is 1. The largest absolute Gasteiger partial charge is 0.383 e. The molecule has 0 heterocycles. The van der Waals surface area contributed by atoms with E-state index >= 15 is 0 Å². The minimum Gasteiger partial charge on any atom is -0.383 e. The standard InChI is InChI=1S/C10H11Br2N/c11-8-2-1-3-9(12)10(8)13-6-7-4-5-7/h1-3,7,13H,4-6H2. The number of hydrogen-bond donors (Lipinski definition) is 1. The summed E-state index contributed by atoms with van der Waals surface area (Å²) in [4.78, 5) is 0. The summed E-state index contributed by atoms with van der Waals surface area (Å²) in [6, 6.07) is 6.14. The Balaban J connectivity index is 2.07. The normalized spacial score (nSPS) is 15.8. The van der Waals surface area contributed by atoms with Crippen LogP contribution in [0.25, 0.3) is 0 Å². The third-order valence-electron chi connectivity index (χ3n) is 2.23. The Hall–Kier alpha value is -0.0200. The summed E-state index contributed by atoms with van der Waals surface area (Å²) in [6.45, 7) is 1.10. The van der Waals surface area contributed by atoms with E-state index in [4.69, 9.17) is 0 Å². The molecule has 1 aromatic carbocycles. The van der Waals surface area contributed by atoms with Crippen LogP contribution in [0.4, 0.5) is 5.69 Å². The average Bonchev–Trinajstić information content (AvgIpc) is 2.87. The fourth-order valence-corrected chi connectivity index (χ4v) is 2.51. The van der Waals surface area contributed by atoms with Gasteiger partial charge in [0, 0.05) is 15.5 Å². The lowest BCUT2D eigenvalue weighted by atomic mass is 10.3. The summed E-state index contributed by atoms with van der Waals surface area (Å²) in [5.74, 6) is 0.902. The number of hydrogen-bond acceptors (Lipinski definition) is 1. The van der Waals surface area contributed by atoms with Gasteiger partial charge in [-0.25, -0.2) is 0 Å². The SMILES string of the molecule is Brc1cccc(Br)c1NCC1CC1. The molecule has 0 saturated heterocycles. The van der Waals surface area contributed by atoms with Gasteiger partial charge in [0.05, 0.1) is 5.69 Å². The monoisotopic (exact) mass is 303 g/mol. The third-order valence-corrected chi connectivity index (χ3v) is 3.55. The molecule has 0 atom stereocenters. The highest BCUT2D eigenvalue weighted by Crippen LogP contribution is 2.33. The zero-order valence-electron chi connectivity index (χ0n) is 7.19. The molecule has 1 nitrogen and oxygen atoms in total. The van der Waals surface area contributed by atoms with Crippen molar-refractivity contribution >= 4 is 37.5 Å². The lowest BCUT2D eigenvalue weighted by Gasteiger charge is -2.09. The van der Waals surface area contributed by atoms with Crippen LogP contribution in [-0.4, -0.2) is 6.54 Å². The maximum Gasteiger partial charge on any atom is 0.0629 e. The second-order valence-corrected chi connectivity index (χ2v) is 5.13. The third kappa shape index (κ3) is 2.47. The molecular weight excluding hydrogens is 294 g/mol. The van der Waals surface area contributed by atoms with Crippen LogP contribution in [0.15, 0.2) is 27.1 Å². The Morgan fingerprint density at radius 1 is 1.23 bits per heavy atom. The Kier molecular flexibility index (Phi) is 2.94. The van der Waals surface area contributed by atoms with Gasteiger partial charge in [-0.2, -0.15) is 0 Å². The van der Waals surface area contributed by atoms with Crippen LogP contribution < -0.4 is 5.32 Å². The lowest BCUT2D eigenvalue weighted by Crippen LogP contribution is -2.04. The second kappa shape index (κ2) is 4.01. The number of nitrogens with one attached hydrogen (secondary N) is 1. The molecule has 1 aliphatic rings. The molecule has 70 valence electrons. The molecular formula is C10H11Br2N. The first kappa shape index (κ1) is 9.53. The molecule has 1 fully saturated rings. The molecule has 1 aliphatic carbocycles. The molecule has 0 aromatic heterocycles. The summed E-state index contributed by atoms with van der Waals surface area (Å²) in [5.41, 5.74) is 1.18. The van der Waals surface area contributed by atoms with Crippen molar-refractivity contribution in [2.75, 3.05) is 11.9 Å².